The van der Waals surface area contributed by atoms with Crippen molar-refractivity contribution in [2.24, 2.45) is 0 Å². The average Bonchev–Trinajstić information content (AvgIpc) is 2.16. The summed E-state index contributed by atoms with van der Waals surface area (Å²) in [5.74, 6) is 0.868. The largest absolute Gasteiger partial charge is 0.496 e. The number of nitrogens with two attached hydrogens (primary N) is 1. The first-order valence-corrected chi connectivity index (χ1v) is 4.12. The highest BCUT2D eigenvalue weighted by atomic mass is 16.5. The minimum absolute atomic E-state index is 0.0832. The summed E-state index contributed by atoms with van der Waals surface area (Å²) >= 11 is 0. The number of hydrogen-bond donors (Lipinski definition) is 1. The van der Waals surface area contributed by atoms with E-state index in [-0.39, 0.29) is 5.78 Å². The van der Waals surface area contributed by atoms with Crippen LogP contribution in [0.5, 0.6) is 11.5 Å². The molecule has 0 radical (unpaired) electrons. The molecule has 76 valence electrons. The molecule has 4 heteroatoms. The maximum absolute atomic E-state index is 11.2. The Morgan fingerprint density at radius 3 is 2.21 bits per heavy atom. The molecule has 1 aromatic carbocycles. The summed E-state index contributed by atoms with van der Waals surface area (Å²) in [4.78, 5) is 11.2. The van der Waals surface area contributed by atoms with Gasteiger partial charge in [-0.3, -0.25) is 4.79 Å². The van der Waals surface area contributed by atoms with Crippen LogP contribution in [-0.4, -0.2) is 20.0 Å². The summed E-state index contributed by atoms with van der Waals surface area (Å²) in [6.45, 7) is 1.47. The smallest absolute Gasteiger partial charge is 0.163 e. The van der Waals surface area contributed by atoms with E-state index in [1.807, 2.05) is 0 Å². The standard InChI is InChI=1S/C10H13NO3/c1-6(12)7-4-10(14-3)8(11)5-9(7)13-2/h4-5H,11H2,1-3H3. The van der Waals surface area contributed by atoms with Crippen LogP contribution in [0.25, 0.3) is 0 Å². The Labute approximate surface area is 82.6 Å². The Kier molecular flexibility index (Phi) is 2.96. The van der Waals surface area contributed by atoms with Gasteiger partial charge in [0, 0.05) is 6.07 Å². The van der Waals surface area contributed by atoms with Crippen LogP contribution in [0.2, 0.25) is 0 Å². The summed E-state index contributed by atoms with van der Waals surface area (Å²) in [6, 6.07) is 3.16. The van der Waals surface area contributed by atoms with Crippen molar-refractivity contribution in [1.82, 2.24) is 0 Å². The van der Waals surface area contributed by atoms with Crippen LogP contribution in [0.15, 0.2) is 12.1 Å². The third kappa shape index (κ3) is 1.79. The monoisotopic (exact) mass is 195 g/mol. The van der Waals surface area contributed by atoms with E-state index in [4.69, 9.17) is 15.2 Å². The van der Waals surface area contributed by atoms with Crippen molar-refractivity contribution in [3.05, 3.63) is 17.7 Å². The second kappa shape index (κ2) is 4.00. The van der Waals surface area contributed by atoms with Gasteiger partial charge in [-0.25, -0.2) is 0 Å². The lowest BCUT2D eigenvalue weighted by atomic mass is 10.1. The van der Waals surface area contributed by atoms with Gasteiger partial charge in [0.05, 0.1) is 25.5 Å². The number of methoxy groups -OCH3 is 2. The van der Waals surface area contributed by atoms with Gasteiger partial charge in [-0.1, -0.05) is 0 Å². The van der Waals surface area contributed by atoms with Gasteiger partial charge >= 0.3 is 0 Å². The lowest BCUT2D eigenvalue weighted by Crippen LogP contribution is -2.01. The summed E-state index contributed by atoms with van der Waals surface area (Å²) in [7, 11) is 3.00. The first kappa shape index (κ1) is 10.4. The average molecular weight is 195 g/mol. The Hall–Kier alpha value is -1.71. The number of Topliss-reactive ketones (excluding diaryl/α,β-unsaturated/α-hetero) is 1. The lowest BCUT2D eigenvalue weighted by Gasteiger charge is -2.10. The fourth-order valence-electron chi connectivity index (χ4n) is 1.20. The van der Waals surface area contributed by atoms with Crippen molar-refractivity contribution in [1.29, 1.82) is 0 Å². The third-order valence-electron chi connectivity index (χ3n) is 1.93. The quantitative estimate of drug-likeness (QED) is 0.586. The fourth-order valence-corrected chi connectivity index (χ4v) is 1.20. The van der Waals surface area contributed by atoms with Gasteiger partial charge < -0.3 is 15.2 Å². The molecular weight excluding hydrogens is 182 g/mol. The number of anilines is 1. The summed E-state index contributed by atoms with van der Waals surface area (Å²) < 4.78 is 10.0. The maximum atomic E-state index is 11.2. The van der Waals surface area contributed by atoms with Crippen LogP contribution >= 0.6 is 0 Å². The van der Waals surface area contributed by atoms with E-state index in [2.05, 4.69) is 0 Å². The molecule has 0 aromatic heterocycles. The summed E-state index contributed by atoms with van der Waals surface area (Å²) in [5.41, 5.74) is 6.58. The first-order valence-electron chi connectivity index (χ1n) is 4.12. The molecule has 0 atom stereocenters. The fraction of sp³-hybridized carbons (Fsp3) is 0.300. The van der Waals surface area contributed by atoms with Gasteiger partial charge in [-0.2, -0.15) is 0 Å². The predicted octanol–water partition coefficient (Wildman–Crippen LogP) is 1.49. The molecule has 14 heavy (non-hydrogen) atoms. The third-order valence-corrected chi connectivity index (χ3v) is 1.93. The van der Waals surface area contributed by atoms with E-state index in [9.17, 15) is 4.79 Å². The molecule has 0 spiro atoms. The number of hydrogen-bond acceptors (Lipinski definition) is 4. The van der Waals surface area contributed by atoms with Gasteiger partial charge in [0.1, 0.15) is 11.5 Å². The first-order chi connectivity index (χ1) is 6.60. The van der Waals surface area contributed by atoms with E-state index in [0.29, 0.717) is 22.7 Å². The topological polar surface area (TPSA) is 61.5 Å². The van der Waals surface area contributed by atoms with E-state index in [1.165, 1.54) is 21.1 Å². The minimum atomic E-state index is -0.0832. The molecule has 0 aliphatic heterocycles. The summed E-state index contributed by atoms with van der Waals surface area (Å²) in [6.07, 6.45) is 0. The molecule has 0 heterocycles. The van der Waals surface area contributed by atoms with Crippen LogP contribution in [0.1, 0.15) is 17.3 Å². The predicted molar refractivity (Wildman–Crippen MR) is 54.0 cm³/mol. The second-order valence-corrected chi connectivity index (χ2v) is 2.85. The van der Waals surface area contributed by atoms with Crippen LogP contribution in [0.4, 0.5) is 5.69 Å². The Morgan fingerprint density at radius 2 is 1.79 bits per heavy atom. The molecule has 0 saturated heterocycles. The molecule has 4 nitrogen and oxygen atoms in total. The highest BCUT2D eigenvalue weighted by Gasteiger charge is 2.12. The van der Waals surface area contributed by atoms with Crippen LogP contribution in [-0.2, 0) is 0 Å². The van der Waals surface area contributed by atoms with Gasteiger partial charge in [0.15, 0.2) is 5.78 Å². The minimum Gasteiger partial charge on any atom is -0.496 e. The number of ketones is 1. The Bertz CT molecular complexity index is 361. The maximum Gasteiger partial charge on any atom is 0.163 e. The molecule has 0 amide bonds. The van der Waals surface area contributed by atoms with Crippen LogP contribution in [0, 0.1) is 0 Å². The van der Waals surface area contributed by atoms with Gasteiger partial charge in [0.2, 0.25) is 0 Å². The molecule has 0 saturated carbocycles. The zero-order valence-corrected chi connectivity index (χ0v) is 8.46. The second-order valence-electron chi connectivity index (χ2n) is 2.85. The molecule has 1 aromatic rings. The van der Waals surface area contributed by atoms with Gasteiger partial charge in [0.25, 0.3) is 0 Å². The number of ether oxygens (including phenoxy) is 2. The van der Waals surface area contributed by atoms with Crippen LogP contribution < -0.4 is 15.2 Å². The number of carbonyl (C=O) groups excluding carboxylic acids is 1. The highest BCUT2D eigenvalue weighted by Crippen LogP contribution is 2.30. The molecule has 0 aliphatic carbocycles. The van der Waals surface area contributed by atoms with Crippen LogP contribution in [0.3, 0.4) is 0 Å². The van der Waals surface area contributed by atoms with Crippen molar-refractivity contribution in [2.45, 2.75) is 6.92 Å². The molecule has 2 N–H and O–H groups in total. The molecule has 0 fully saturated rings. The SMILES string of the molecule is COc1cc(C(C)=O)c(OC)cc1N. The molecule has 0 bridgehead atoms. The van der Waals surface area contributed by atoms with Gasteiger partial charge in [-0.05, 0) is 13.0 Å². The summed E-state index contributed by atoms with van der Waals surface area (Å²) in [5, 5.41) is 0. The zero-order chi connectivity index (χ0) is 10.7. The highest BCUT2D eigenvalue weighted by molar-refractivity contribution is 5.98. The number of nitrogen functional groups attached to an aromatic ring is 1. The van der Waals surface area contributed by atoms with Crippen molar-refractivity contribution in [2.75, 3.05) is 20.0 Å². The molecule has 1 rings (SSSR count). The van der Waals surface area contributed by atoms with E-state index in [0.717, 1.165) is 0 Å². The van der Waals surface area contributed by atoms with Crippen molar-refractivity contribution in [3.63, 3.8) is 0 Å². The molecule has 0 aliphatic rings. The lowest BCUT2D eigenvalue weighted by molar-refractivity contribution is 0.101. The number of carbonyl (C=O) groups is 1. The Morgan fingerprint density at radius 1 is 1.21 bits per heavy atom. The Balaban J connectivity index is 3.32. The normalized spacial score (nSPS) is 9.64. The van der Waals surface area contributed by atoms with Gasteiger partial charge in [-0.15, -0.1) is 0 Å². The van der Waals surface area contributed by atoms with Crippen molar-refractivity contribution < 1.29 is 14.3 Å². The number of benzene rings is 1. The molecule has 0 unspecified atom stereocenters. The van der Waals surface area contributed by atoms with Crippen molar-refractivity contribution >= 4 is 11.5 Å². The number of rotatable bonds is 3. The molecular formula is C10H13NO3. The van der Waals surface area contributed by atoms with E-state index in [1.54, 1.807) is 12.1 Å². The zero-order valence-electron chi connectivity index (χ0n) is 8.46. The van der Waals surface area contributed by atoms with Crippen molar-refractivity contribution in [3.8, 4) is 11.5 Å². The van der Waals surface area contributed by atoms with E-state index >= 15 is 0 Å². The van der Waals surface area contributed by atoms with E-state index < -0.39 is 0 Å².